The maximum Gasteiger partial charge on any atom is 0.355 e. The van der Waals surface area contributed by atoms with Crippen LogP contribution in [-0.4, -0.2) is 26.2 Å². The van der Waals surface area contributed by atoms with E-state index in [2.05, 4.69) is 6.07 Å². The van der Waals surface area contributed by atoms with Crippen molar-refractivity contribution >= 4 is 17.6 Å². The van der Waals surface area contributed by atoms with Crippen molar-refractivity contribution < 1.29 is 28.2 Å². The molecule has 1 atom stereocenters. The Morgan fingerprint density at radius 3 is 2.27 bits per heavy atom. The molecule has 0 bridgehead atoms. The van der Waals surface area contributed by atoms with Gasteiger partial charge in [0.05, 0.1) is 43.0 Å². The minimum absolute atomic E-state index is 0.0137. The van der Waals surface area contributed by atoms with Gasteiger partial charge < -0.3 is 19.9 Å². The predicted octanol–water partition coefficient (Wildman–Crippen LogP) is 4.52. The molecule has 0 aromatic heterocycles. The molecule has 1 aliphatic rings. The Balaban J connectivity index is 2.01. The molecule has 0 fully saturated rings. The van der Waals surface area contributed by atoms with Crippen LogP contribution in [0.5, 0.6) is 11.5 Å². The second-order valence-electron chi connectivity index (χ2n) is 7.86. The quantitative estimate of drug-likeness (QED) is 0.493. The fourth-order valence-corrected chi connectivity index (χ4v) is 4.15. The van der Waals surface area contributed by atoms with Gasteiger partial charge in [0.1, 0.15) is 23.1 Å². The topological polar surface area (TPSA) is 115 Å². The van der Waals surface area contributed by atoms with Gasteiger partial charge in [0.25, 0.3) is 0 Å². The summed E-state index contributed by atoms with van der Waals surface area (Å²) in [5.41, 5.74) is 6.94. The van der Waals surface area contributed by atoms with Crippen LogP contribution < -0.4 is 15.4 Å². The van der Waals surface area contributed by atoms with Crippen molar-refractivity contribution in [1.29, 1.82) is 5.26 Å². The molecule has 0 spiro atoms. The number of nitriles is 1. The second-order valence-corrected chi connectivity index (χ2v) is 7.86. The lowest BCUT2D eigenvalue weighted by Gasteiger charge is -2.36. The Kier molecular flexibility index (Phi) is 7.21. The molecule has 0 amide bonds. The number of carbonyl (C=O) groups excluding carboxylic acids is 2. The van der Waals surface area contributed by atoms with Gasteiger partial charge in [-0.2, -0.15) is 5.26 Å². The molecule has 3 aromatic rings. The highest BCUT2D eigenvalue weighted by Gasteiger charge is 2.43. The normalized spacial score (nSPS) is 15.2. The minimum Gasteiger partial charge on any atom is -0.466 e. The van der Waals surface area contributed by atoms with E-state index in [1.165, 1.54) is 30.2 Å². The zero-order valence-electron chi connectivity index (χ0n) is 20.0. The van der Waals surface area contributed by atoms with Crippen molar-refractivity contribution in [2.24, 2.45) is 5.73 Å². The molecule has 0 saturated carbocycles. The molecule has 0 radical (unpaired) electrons. The summed E-state index contributed by atoms with van der Waals surface area (Å²) in [5, 5.41) is 10.2. The summed E-state index contributed by atoms with van der Waals surface area (Å²) in [6, 6.07) is 22.8. The van der Waals surface area contributed by atoms with Gasteiger partial charge in [-0.05, 0) is 29.8 Å². The Morgan fingerprint density at radius 2 is 1.62 bits per heavy atom. The fraction of sp³-hybridized carbons (Fsp3) is 0.107. The van der Waals surface area contributed by atoms with E-state index in [0.29, 0.717) is 5.56 Å². The van der Waals surface area contributed by atoms with Gasteiger partial charge in [0, 0.05) is 6.07 Å². The van der Waals surface area contributed by atoms with E-state index in [4.69, 9.17) is 19.9 Å². The van der Waals surface area contributed by atoms with Gasteiger partial charge >= 0.3 is 11.9 Å². The zero-order chi connectivity index (χ0) is 26.5. The number of rotatable bonds is 6. The van der Waals surface area contributed by atoms with Crippen molar-refractivity contribution in [2.75, 3.05) is 19.1 Å². The van der Waals surface area contributed by atoms with Gasteiger partial charge in [0.2, 0.25) is 0 Å². The first-order valence-corrected chi connectivity index (χ1v) is 11.1. The van der Waals surface area contributed by atoms with Crippen LogP contribution in [0, 0.1) is 17.1 Å². The first-order valence-electron chi connectivity index (χ1n) is 11.1. The van der Waals surface area contributed by atoms with E-state index < -0.39 is 23.7 Å². The second kappa shape index (κ2) is 10.7. The number of benzene rings is 3. The van der Waals surface area contributed by atoms with Crippen LogP contribution in [0.15, 0.2) is 102 Å². The Hall–Kier alpha value is -5.10. The van der Waals surface area contributed by atoms with Crippen molar-refractivity contribution in [3.8, 4) is 17.6 Å². The number of allylic oxidation sites excluding steroid dienone is 1. The Labute approximate surface area is 212 Å². The lowest BCUT2D eigenvalue weighted by molar-refractivity contribution is -0.139. The number of nitrogens with two attached hydrogens (primary N) is 1. The zero-order valence-corrected chi connectivity index (χ0v) is 20.0. The maximum atomic E-state index is 13.8. The SMILES string of the molecule is COC(=O)C1=C(C(=O)OC)N(c2ccccc2Oc2cccc(F)c2)C(N)=C(C#N)C1c1ccccc1. The third-order valence-corrected chi connectivity index (χ3v) is 5.74. The van der Waals surface area contributed by atoms with E-state index in [9.17, 15) is 19.2 Å². The number of nitrogens with zero attached hydrogens (tertiary/aromatic N) is 2. The molecule has 2 N–H and O–H groups in total. The number of methoxy groups -OCH3 is 2. The average molecular weight is 499 g/mol. The molecule has 1 unspecified atom stereocenters. The number of para-hydroxylation sites is 2. The number of esters is 2. The summed E-state index contributed by atoms with van der Waals surface area (Å²) >= 11 is 0. The smallest absolute Gasteiger partial charge is 0.355 e. The van der Waals surface area contributed by atoms with E-state index in [1.54, 1.807) is 60.7 Å². The summed E-state index contributed by atoms with van der Waals surface area (Å²) in [7, 11) is 2.33. The Bertz CT molecular complexity index is 1460. The predicted molar refractivity (Wildman–Crippen MR) is 132 cm³/mol. The van der Waals surface area contributed by atoms with Crippen LogP contribution in [-0.2, 0) is 19.1 Å². The molecule has 8 nitrogen and oxygen atoms in total. The largest absolute Gasteiger partial charge is 0.466 e. The highest BCUT2D eigenvalue weighted by atomic mass is 19.1. The summed E-state index contributed by atoms with van der Waals surface area (Å²) in [6.45, 7) is 0. The number of hydrogen-bond acceptors (Lipinski definition) is 8. The summed E-state index contributed by atoms with van der Waals surface area (Å²) in [5.74, 6) is -2.98. The summed E-state index contributed by atoms with van der Waals surface area (Å²) < 4.78 is 29.8. The fourth-order valence-electron chi connectivity index (χ4n) is 4.15. The third kappa shape index (κ3) is 4.73. The van der Waals surface area contributed by atoms with Gasteiger partial charge in [0.15, 0.2) is 5.75 Å². The van der Waals surface area contributed by atoms with Crippen LogP contribution in [0.3, 0.4) is 0 Å². The van der Waals surface area contributed by atoms with Crippen LogP contribution in [0.4, 0.5) is 10.1 Å². The van der Waals surface area contributed by atoms with E-state index >= 15 is 0 Å². The lowest BCUT2D eigenvalue weighted by Crippen LogP contribution is -2.40. The van der Waals surface area contributed by atoms with Crippen molar-refractivity contribution in [3.63, 3.8) is 0 Å². The van der Waals surface area contributed by atoms with Crippen molar-refractivity contribution in [3.05, 3.63) is 113 Å². The molecule has 0 saturated heterocycles. The minimum atomic E-state index is -1.000. The molecule has 186 valence electrons. The van der Waals surface area contributed by atoms with E-state index in [0.717, 1.165) is 7.11 Å². The number of hydrogen-bond donors (Lipinski definition) is 1. The average Bonchev–Trinajstić information content (AvgIpc) is 2.92. The molecular formula is C28H22FN3O5. The van der Waals surface area contributed by atoms with Gasteiger partial charge in [-0.3, -0.25) is 4.90 Å². The van der Waals surface area contributed by atoms with Crippen molar-refractivity contribution in [1.82, 2.24) is 0 Å². The molecule has 0 aliphatic carbocycles. The van der Waals surface area contributed by atoms with Gasteiger partial charge in [-0.25, -0.2) is 14.0 Å². The molecule has 37 heavy (non-hydrogen) atoms. The molecule has 1 heterocycles. The van der Waals surface area contributed by atoms with Gasteiger partial charge in [-0.1, -0.05) is 48.5 Å². The summed E-state index contributed by atoms with van der Waals surface area (Å²) in [4.78, 5) is 27.6. The van der Waals surface area contributed by atoms with Gasteiger partial charge in [-0.15, -0.1) is 0 Å². The van der Waals surface area contributed by atoms with Crippen LogP contribution in [0.25, 0.3) is 0 Å². The number of anilines is 1. The molecule has 1 aliphatic heterocycles. The lowest BCUT2D eigenvalue weighted by atomic mass is 9.81. The number of carbonyl (C=O) groups is 2. The Morgan fingerprint density at radius 1 is 0.946 bits per heavy atom. The first-order chi connectivity index (χ1) is 17.9. The van der Waals surface area contributed by atoms with Crippen molar-refractivity contribution in [2.45, 2.75) is 5.92 Å². The highest BCUT2D eigenvalue weighted by molar-refractivity contribution is 6.06. The first kappa shape index (κ1) is 25.0. The molecular weight excluding hydrogens is 477 g/mol. The monoisotopic (exact) mass is 499 g/mol. The highest BCUT2D eigenvalue weighted by Crippen LogP contribution is 2.45. The standard InChI is InChI=1S/C28H22FN3O5/c1-35-27(33)24-23(17-9-4-3-5-10-17)20(16-30)26(31)32(25(24)28(34)36-2)21-13-6-7-14-22(21)37-19-12-8-11-18(29)15-19/h3-15,23H,31H2,1-2H3. The van der Waals surface area contributed by atoms with E-state index in [-0.39, 0.29) is 39.9 Å². The van der Waals surface area contributed by atoms with Crippen LogP contribution in [0.1, 0.15) is 11.5 Å². The van der Waals surface area contributed by atoms with Crippen LogP contribution in [0.2, 0.25) is 0 Å². The third-order valence-electron chi connectivity index (χ3n) is 5.74. The maximum absolute atomic E-state index is 13.8. The van der Waals surface area contributed by atoms with Crippen LogP contribution >= 0.6 is 0 Å². The van der Waals surface area contributed by atoms with E-state index in [1.807, 2.05) is 0 Å². The molecule has 3 aromatic carbocycles. The molecule has 9 heteroatoms. The number of ether oxygens (including phenoxy) is 3. The number of halogens is 1. The molecule has 4 rings (SSSR count). The summed E-state index contributed by atoms with van der Waals surface area (Å²) in [6.07, 6.45) is 0.